The van der Waals surface area contributed by atoms with Crippen LogP contribution in [0.1, 0.15) is 24.1 Å². The molecule has 2 N–H and O–H groups in total. The lowest BCUT2D eigenvalue weighted by Crippen LogP contribution is -2.30. The van der Waals surface area contributed by atoms with Crippen LogP contribution in [0.3, 0.4) is 0 Å². The summed E-state index contributed by atoms with van der Waals surface area (Å²) in [6.07, 6.45) is -0.258. The van der Waals surface area contributed by atoms with Crippen LogP contribution in [0.5, 0.6) is 0 Å². The number of aldehydes is 1. The molecule has 10 heteroatoms. The standard InChI is InChI=1S/C15H14F3N5O2/c1-19-13(25)21-7-9(8-24)11-6-10(12-20-4-5-23(12)22-11)14(2-3-14)15(16,17)18/h4-8H,2-3H2,1H3,(H2,19,21,25)/b9-7+. The molecular weight excluding hydrogens is 339 g/mol. The number of hydrogen-bond donors (Lipinski definition) is 2. The number of carbonyl (C=O) groups is 2. The SMILES string of the molecule is CNC(=O)N/C=C(\C=O)c1cc(C2(C(F)(F)F)CC2)c2nccn2n1. The summed E-state index contributed by atoms with van der Waals surface area (Å²) in [5.41, 5.74) is -1.94. The lowest BCUT2D eigenvalue weighted by atomic mass is 9.95. The molecule has 0 spiro atoms. The number of rotatable bonds is 4. The number of amides is 2. The normalized spacial score (nSPS) is 16.6. The van der Waals surface area contributed by atoms with Crippen molar-refractivity contribution in [2.75, 3.05) is 7.05 Å². The molecule has 1 aliphatic carbocycles. The minimum Gasteiger partial charge on any atom is -0.341 e. The van der Waals surface area contributed by atoms with E-state index in [4.69, 9.17) is 0 Å². The van der Waals surface area contributed by atoms with E-state index in [1.807, 2.05) is 0 Å². The summed E-state index contributed by atoms with van der Waals surface area (Å²) < 4.78 is 41.8. The minimum atomic E-state index is -4.43. The summed E-state index contributed by atoms with van der Waals surface area (Å²) in [5, 5.41) is 8.70. The van der Waals surface area contributed by atoms with Crippen LogP contribution in [0.25, 0.3) is 11.2 Å². The van der Waals surface area contributed by atoms with Gasteiger partial charge in [0.2, 0.25) is 0 Å². The Bertz CT molecular complexity index is 868. The van der Waals surface area contributed by atoms with Gasteiger partial charge < -0.3 is 10.6 Å². The summed E-state index contributed by atoms with van der Waals surface area (Å²) in [7, 11) is 1.39. The Labute approximate surface area is 139 Å². The molecular formula is C15H14F3N5O2. The van der Waals surface area contributed by atoms with E-state index in [2.05, 4.69) is 20.7 Å². The van der Waals surface area contributed by atoms with Gasteiger partial charge in [-0.2, -0.15) is 18.3 Å². The molecule has 1 saturated carbocycles. The maximum Gasteiger partial charge on any atom is 0.398 e. The van der Waals surface area contributed by atoms with Crippen LogP contribution < -0.4 is 10.6 Å². The minimum absolute atomic E-state index is 0.0161. The Hall–Kier alpha value is -2.91. The zero-order valence-electron chi connectivity index (χ0n) is 13.1. The van der Waals surface area contributed by atoms with Gasteiger partial charge in [0.15, 0.2) is 11.9 Å². The van der Waals surface area contributed by atoms with Crippen molar-refractivity contribution >= 4 is 23.5 Å². The second-order valence-corrected chi connectivity index (χ2v) is 5.66. The van der Waals surface area contributed by atoms with Crippen LogP contribution in [-0.2, 0) is 10.2 Å². The van der Waals surface area contributed by atoms with E-state index in [-0.39, 0.29) is 35.3 Å². The second-order valence-electron chi connectivity index (χ2n) is 5.66. The number of hydrogen-bond acceptors (Lipinski definition) is 4. The third-order valence-corrected chi connectivity index (χ3v) is 4.18. The third-order valence-electron chi connectivity index (χ3n) is 4.18. The summed E-state index contributed by atoms with van der Waals surface area (Å²) in [6, 6.07) is 0.645. The van der Waals surface area contributed by atoms with Gasteiger partial charge in [-0.15, -0.1) is 0 Å². The summed E-state index contributed by atoms with van der Waals surface area (Å²) in [5.74, 6) is 0. The highest BCUT2D eigenvalue weighted by Crippen LogP contribution is 2.59. The van der Waals surface area contributed by atoms with Crippen molar-refractivity contribution in [1.82, 2.24) is 25.2 Å². The number of allylic oxidation sites excluding steroid dienone is 1. The third kappa shape index (κ3) is 2.83. The molecule has 0 saturated heterocycles. The average Bonchev–Trinajstić information content (AvgIpc) is 3.26. The zero-order valence-corrected chi connectivity index (χ0v) is 13.1. The van der Waals surface area contributed by atoms with Crippen LogP contribution in [-0.4, -0.2) is 40.1 Å². The van der Waals surface area contributed by atoms with Gasteiger partial charge in [0.1, 0.15) is 0 Å². The van der Waals surface area contributed by atoms with Crippen molar-refractivity contribution < 1.29 is 22.8 Å². The molecule has 0 bridgehead atoms. The molecule has 1 fully saturated rings. The predicted octanol–water partition coefficient (Wildman–Crippen LogP) is 1.79. The number of aromatic nitrogens is 3. The van der Waals surface area contributed by atoms with Crippen molar-refractivity contribution in [3.05, 3.63) is 35.9 Å². The van der Waals surface area contributed by atoms with E-state index in [0.717, 1.165) is 6.20 Å². The van der Waals surface area contributed by atoms with Crippen LogP contribution in [0, 0.1) is 0 Å². The van der Waals surface area contributed by atoms with Crippen LogP contribution in [0.15, 0.2) is 24.7 Å². The molecule has 2 aromatic heterocycles. The molecule has 1 aliphatic rings. The zero-order chi connectivity index (χ0) is 18.2. The maximum absolute atomic E-state index is 13.5. The first-order chi connectivity index (χ1) is 11.8. The quantitative estimate of drug-likeness (QED) is 0.648. The van der Waals surface area contributed by atoms with Gasteiger partial charge in [-0.05, 0) is 18.9 Å². The molecule has 0 aromatic carbocycles. The number of halogens is 3. The molecule has 2 aromatic rings. The smallest absolute Gasteiger partial charge is 0.341 e. The van der Waals surface area contributed by atoms with E-state index in [1.165, 1.54) is 30.0 Å². The van der Waals surface area contributed by atoms with E-state index in [1.54, 1.807) is 0 Å². The Morgan fingerprint density at radius 3 is 2.68 bits per heavy atom. The van der Waals surface area contributed by atoms with E-state index >= 15 is 0 Å². The van der Waals surface area contributed by atoms with Crippen molar-refractivity contribution in [3.63, 3.8) is 0 Å². The molecule has 0 atom stereocenters. The van der Waals surface area contributed by atoms with Gasteiger partial charge in [-0.25, -0.2) is 14.3 Å². The van der Waals surface area contributed by atoms with Crippen molar-refractivity contribution in [2.45, 2.75) is 24.4 Å². The van der Waals surface area contributed by atoms with Gasteiger partial charge in [-0.3, -0.25) is 4.79 Å². The molecule has 132 valence electrons. The Kier molecular flexibility index (Phi) is 3.97. The molecule has 25 heavy (non-hydrogen) atoms. The molecule has 0 radical (unpaired) electrons. The number of nitrogens with zero attached hydrogens (tertiary/aromatic N) is 3. The number of urea groups is 1. The molecule has 2 heterocycles. The fourth-order valence-electron chi connectivity index (χ4n) is 2.62. The van der Waals surface area contributed by atoms with Crippen molar-refractivity contribution in [3.8, 4) is 0 Å². The number of fused-ring (bicyclic) bond motifs is 1. The molecule has 7 nitrogen and oxygen atoms in total. The first-order valence-electron chi connectivity index (χ1n) is 7.38. The largest absolute Gasteiger partial charge is 0.398 e. The lowest BCUT2D eigenvalue weighted by Gasteiger charge is -2.20. The van der Waals surface area contributed by atoms with Gasteiger partial charge in [0.05, 0.1) is 16.7 Å². The number of nitrogens with one attached hydrogen (secondary N) is 2. The Morgan fingerprint density at radius 1 is 1.40 bits per heavy atom. The fourth-order valence-corrected chi connectivity index (χ4v) is 2.62. The molecule has 0 aliphatic heterocycles. The first kappa shape index (κ1) is 16.9. The average molecular weight is 353 g/mol. The molecule has 0 unspecified atom stereocenters. The van der Waals surface area contributed by atoms with Gasteiger partial charge in [-0.1, -0.05) is 0 Å². The highest BCUT2D eigenvalue weighted by Gasteiger charge is 2.65. The first-order valence-corrected chi connectivity index (χ1v) is 7.38. The summed E-state index contributed by atoms with van der Waals surface area (Å²) in [4.78, 5) is 26.5. The van der Waals surface area contributed by atoms with Crippen molar-refractivity contribution in [2.24, 2.45) is 0 Å². The van der Waals surface area contributed by atoms with Crippen LogP contribution >= 0.6 is 0 Å². The lowest BCUT2D eigenvalue weighted by molar-refractivity contribution is -0.160. The maximum atomic E-state index is 13.5. The Morgan fingerprint density at radius 2 is 2.12 bits per heavy atom. The highest BCUT2D eigenvalue weighted by atomic mass is 19.4. The topological polar surface area (TPSA) is 88.4 Å². The Balaban J connectivity index is 2.12. The van der Waals surface area contributed by atoms with E-state index < -0.39 is 17.6 Å². The van der Waals surface area contributed by atoms with Gasteiger partial charge in [0, 0.05) is 31.2 Å². The predicted molar refractivity (Wildman–Crippen MR) is 81.6 cm³/mol. The van der Waals surface area contributed by atoms with Gasteiger partial charge in [0.25, 0.3) is 0 Å². The second kappa shape index (κ2) is 5.87. The van der Waals surface area contributed by atoms with Crippen LogP contribution in [0.2, 0.25) is 0 Å². The fraction of sp³-hybridized carbons (Fsp3) is 0.333. The summed E-state index contributed by atoms with van der Waals surface area (Å²) >= 11 is 0. The number of imidazole rings is 1. The van der Waals surface area contributed by atoms with Crippen LogP contribution in [0.4, 0.5) is 18.0 Å². The van der Waals surface area contributed by atoms with Gasteiger partial charge >= 0.3 is 12.2 Å². The monoisotopic (exact) mass is 353 g/mol. The highest BCUT2D eigenvalue weighted by molar-refractivity contribution is 6.06. The number of alkyl halides is 3. The summed E-state index contributed by atoms with van der Waals surface area (Å²) in [6.45, 7) is 0. The molecule has 3 rings (SSSR count). The molecule has 2 amide bonds. The number of carbonyl (C=O) groups excluding carboxylic acids is 2. The van der Waals surface area contributed by atoms with E-state index in [0.29, 0.717) is 6.29 Å². The van der Waals surface area contributed by atoms with Crippen molar-refractivity contribution in [1.29, 1.82) is 0 Å². The van der Waals surface area contributed by atoms with E-state index in [9.17, 15) is 22.8 Å².